The first-order valence-corrected chi connectivity index (χ1v) is 6.16. The Morgan fingerprint density at radius 1 is 1.39 bits per heavy atom. The Morgan fingerprint density at radius 2 is 2.11 bits per heavy atom. The molecule has 98 valence electrons. The zero-order valence-electron chi connectivity index (χ0n) is 11.5. The Hall–Kier alpha value is -1.39. The van der Waals surface area contributed by atoms with Crippen molar-refractivity contribution in [2.75, 3.05) is 13.6 Å². The van der Waals surface area contributed by atoms with Gasteiger partial charge in [0.25, 0.3) is 0 Å². The Balaban J connectivity index is 2.12. The van der Waals surface area contributed by atoms with Gasteiger partial charge in [-0.1, -0.05) is 6.07 Å². The quantitative estimate of drug-likeness (QED) is 0.895. The van der Waals surface area contributed by atoms with E-state index in [2.05, 4.69) is 28.1 Å². The molecular formula is C14H21N3O. The van der Waals surface area contributed by atoms with Gasteiger partial charge in [-0.15, -0.1) is 0 Å². The number of fused-ring (bicyclic) bond motifs is 1. The summed E-state index contributed by atoms with van der Waals surface area (Å²) in [6.07, 6.45) is 1.83. The normalized spacial score (nSPS) is 12.6. The van der Waals surface area contributed by atoms with Crippen LogP contribution in [0.1, 0.15) is 19.4 Å². The Kier molecular flexibility index (Phi) is 3.41. The fourth-order valence-electron chi connectivity index (χ4n) is 2.31. The molecule has 2 aromatic rings. The van der Waals surface area contributed by atoms with E-state index in [1.165, 1.54) is 5.56 Å². The fraction of sp³-hybridized carbons (Fsp3) is 0.500. The van der Waals surface area contributed by atoms with Crippen LogP contribution in [-0.4, -0.2) is 38.8 Å². The number of nitrogens with zero attached hydrogens (tertiary/aromatic N) is 3. The molecule has 0 saturated carbocycles. The molecule has 0 aliphatic carbocycles. The van der Waals surface area contributed by atoms with Crippen molar-refractivity contribution in [3.8, 4) is 0 Å². The van der Waals surface area contributed by atoms with E-state index in [-0.39, 0.29) is 0 Å². The van der Waals surface area contributed by atoms with Crippen LogP contribution in [0.3, 0.4) is 0 Å². The van der Waals surface area contributed by atoms with E-state index in [4.69, 9.17) is 0 Å². The van der Waals surface area contributed by atoms with E-state index in [9.17, 15) is 5.11 Å². The molecule has 4 nitrogen and oxygen atoms in total. The average molecular weight is 247 g/mol. The second-order valence-electron chi connectivity index (χ2n) is 5.66. The molecule has 0 aliphatic heterocycles. The summed E-state index contributed by atoms with van der Waals surface area (Å²) in [5, 5.41) is 9.78. The molecule has 0 atom stereocenters. The summed E-state index contributed by atoms with van der Waals surface area (Å²) in [5.74, 6) is 0. The zero-order valence-corrected chi connectivity index (χ0v) is 11.5. The van der Waals surface area contributed by atoms with Gasteiger partial charge in [0.1, 0.15) is 0 Å². The summed E-state index contributed by atoms with van der Waals surface area (Å²) >= 11 is 0. The summed E-state index contributed by atoms with van der Waals surface area (Å²) in [6, 6.07) is 6.32. The lowest BCUT2D eigenvalue weighted by molar-refractivity contribution is 0.0425. The van der Waals surface area contributed by atoms with E-state index >= 15 is 0 Å². The van der Waals surface area contributed by atoms with Gasteiger partial charge in [0.15, 0.2) is 0 Å². The molecule has 1 aromatic heterocycles. The van der Waals surface area contributed by atoms with Gasteiger partial charge in [0.2, 0.25) is 0 Å². The van der Waals surface area contributed by atoms with Gasteiger partial charge < -0.3 is 9.67 Å². The minimum absolute atomic E-state index is 0.646. The van der Waals surface area contributed by atoms with Crippen molar-refractivity contribution in [1.82, 2.24) is 14.5 Å². The van der Waals surface area contributed by atoms with Crippen LogP contribution < -0.4 is 0 Å². The number of imidazole rings is 1. The largest absolute Gasteiger partial charge is 0.389 e. The molecule has 0 spiro atoms. The molecule has 1 N–H and O–H groups in total. The number of hydrogen-bond acceptors (Lipinski definition) is 3. The van der Waals surface area contributed by atoms with Crippen LogP contribution in [0.5, 0.6) is 0 Å². The lowest BCUT2D eigenvalue weighted by Gasteiger charge is -2.25. The molecule has 2 rings (SSSR count). The van der Waals surface area contributed by atoms with Crippen molar-refractivity contribution < 1.29 is 5.11 Å². The van der Waals surface area contributed by atoms with Crippen molar-refractivity contribution in [1.29, 1.82) is 0 Å². The minimum Gasteiger partial charge on any atom is -0.389 e. The number of hydrogen-bond donors (Lipinski definition) is 1. The third-order valence-electron chi connectivity index (χ3n) is 2.90. The standard InChI is InChI=1S/C14H21N3O/c1-14(2,18)9-16(3)8-11-5-6-13-12(7-11)15-10-17(13)4/h5-7,10,18H,8-9H2,1-4H3. The van der Waals surface area contributed by atoms with Crippen molar-refractivity contribution in [3.05, 3.63) is 30.1 Å². The molecule has 1 aromatic carbocycles. The maximum absolute atomic E-state index is 9.78. The predicted octanol–water partition coefficient (Wildman–Crippen LogP) is 1.78. The third-order valence-corrected chi connectivity index (χ3v) is 2.90. The highest BCUT2D eigenvalue weighted by molar-refractivity contribution is 5.75. The average Bonchev–Trinajstić information content (AvgIpc) is 2.57. The highest BCUT2D eigenvalue weighted by Crippen LogP contribution is 2.15. The van der Waals surface area contributed by atoms with Crippen LogP contribution in [-0.2, 0) is 13.6 Å². The van der Waals surface area contributed by atoms with E-state index in [1.807, 2.05) is 38.8 Å². The van der Waals surface area contributed by atoms with Gasteiger partial charge in [0.05, 0.1) is 23.0 Å². The summed E-state index contributed by atoms with van der Waals surface area (Å²) < 4.78 is 2.01. The summed E-state index contributed by atoms with van der Waals surface area (Å²) in [5.41, 5.74) is 2.72. The number of rotatable bonds is 4. The topological polar surface area (TPSA) is 41.3 Å². The summed E-state index contributed by atoms with van der Waals surface area (Å²) in [7, 11) is 4.01. The monoisotopic (exact) mass is 247 g/mol. The van der Waals surface area contributed by atoms with Crippen molar-refractivity contribution in [2.24, 2.45) is 7.05 Å². The molecule has 0 unspecified atom stereocenters. The molecule has 0 aliphatic rings. The Bertz CT molecular complexity index is 539. The SMILES string of the molecule is CN(Cc1ccc2c(c1)ncn2C)CC(C)(C)O. The first-order valence-electron chi connectivity index (χ1n) is 6.16. The third kappa shape index (κ3) is 3.09. The molecule has 1 heterocycles. The van der Waals surface area contributed by atoms with Gasteiger partial charge in [-0.2, -0.15) is 0 Å². The molecule has 0 fully saturated rings. The summed E-state index contributed by atoms with van der Waals surface area (Å²) in [6.45, 7) is 5.11. The maximum Gasteiger partial charge on any atom is 0.0955 e. The predicted molar refractivity (Wildman–Crippen MR) is 73.3 cm³/mol. The van der Waals surface area contributed by atoms with Gasteiger partial charge in [-0.05, 0) is 38.6 Å². The van der Waals surface area contributed by atoms with Crippen LogP contribution in [0.2, 0.25) is 0 Å². The van der Waals surface area contributed by atoms with Crippen molar-refractivity contribution >= 4 is 11.0 Å². The van der Waals surface area contributed by atoms with E-state index in [0.717, 1.165) is 17.6 Å². The van der Waals surface area contributed by atoms with Gasteiger partial charge in [-0.3, -0.25) is 4.90 Å². The van der Waals surface area contributed by atoms with Gasteiger partial charge in [0, 0.05) is 20.1 Å². The fourth-order valence-corrected chi connectivity index (χ4v) is 2.31. The second kappa shape index (κ2) is 4.71. The first kappa shape index (κ1) is 13.1. The molecule has 0 amide bonds. The molecule has 4 heteroatoms. The maximum atomic E-state index is 9.78. The van der Waals surface area contributed by atoms with Crippen LogP contribution in [0, 0.1) is 0 Å². The summed E-state index contributed by atoms with van der Waals surface area (Å²) in [4.78, 5) is 6.47. The van der Waals surface area contributed by atoms with Crippen LogP contribution in [0.4, 0.5) is 0 Å². The highest BCUT2D eigenvalue weighted by Gasteiger charge is 2.15. The molecule has 0 radical (unpaired) electrons. The van der Waals surface area contributed by atoms with Gasteiger partial charge in [-0.25, -0.2) is 4.98 Å². The Morgan fingerprint density at radius 3 is 2.78 bits per heavy atom. The van der Waals surface area contributed by atoms with E-state index in [1.54, 1.807) is 0 Å². The van der Waals surface area contributed by atoms with E-state index in [0.29, 0.717) is 6.54 Å². The van der Waals surface area contributed by atoms with Crippen molar-refractivity contribution in [2.45, 2.75) is 26.0 Å². The lowest BCUT2D eigenvalue weighted by Crippen LogP contribution is -2.35. The highest BCUT2D eigenvalue weighted by atomic mass is 16.3. The number of aromatic nitrogens is 2. The molecule has 0 saturated heterocycles. The molecule has 18 heavy (non-hydrogen) atoms. The number of aliphatic hydroxyl groups is 1. The van der Waals surface area contributed by atoms with Crippen molar-refractivity contribution in [3.63, 3.8) is 0 Å². The second-order valence-corrected chi connectivity index (χ2v) is 5.66. The zero-order chi connectivity index (χ0) is 13.3. The lowest BCUT2D eigenvalue weighted by atomic mass is 10.1. The molecular weight excluding hydrogens is 226 g/mol. The first-order chi connectivity index (χ1) is 8.35. The van der Waals surface area contributed by atoms with Gasteiger partial charge >= 0.3 is 0 Å². The number of likely N-dealkylation sites (N-methyl/N-ethyl adjacent to an activating group) is 1. The molecule has 0 bridgehead atoms. The number of benzene rings is 1. The van der Waals surface area contributed by atoms with Crippen LogP contribution in [0.15, 0.2) is 24.5 Å². The van der Waals surface area contributed by atoms with Crippen LogP contribution >= 0.6 is 0 Å². The minimum atomic E-state index is -0.663. The Labute approximate surface area is 108 Å². The smallest absolute Gasteiger partial charge is 0.0955 e. The van der Waals surface area contributed by atoms with Crippen LogP contribution in [0.25, 0.3) is 11.0 Å². The van der Waals surface area contributed by atoms with E-state index < -0.39 is 5.60 Å². The number of aryl methyl sites for hydroxylation is 1.